The quantitative estimate of drug-likeness (QED) is 0.758. The van der Waals surface area contributed by atoms with Crippen LogP contribution in [-0.4, -0.2) is 42.7 Å². The Balaban J connectivity index is 1.75. The third-order valence-corrected chi connectivity index (χ3v) is 2.85. The number of aliphatic hydroxyl groups is 1. The van der Waals surface area contributed by atoms with Crippen molar-refractivity contribution in [1.29, 1.82) is 0 Å². The molecule has 15 heavy (non-hydrogen) atoms. The summed E-state index contributed by atoms with van der Waals surface area (Å²) in [6, 6.07) is 10.3. The molecule has 1 aromatic carbocycles. The van der Waals surface area contributed by atoms with Gasteiger partial charge in [0.15, 0.2) is 0 Å². The van der Waals surface area contributed by atoms with Gasteiger partial charge in [-0.25, -0.2) is 0 Å². The van der Waals surface area contributed by atoms with Crippen molar-refractivity contribution in [3.63, 3.8) is 0 Å². The maximum absolute atomic E-state index is 9.88. The van der Waals surface area contributed by atoms with Gasteiger partial charge in [-0.05, 0) is 12.6 Å². The summed E-state index contributed by atoms with van der Waals surface area (Å²) in [5.41, 5.74) is 0.984. The number of aliphatic hydroxyl groups excluding tert-OH is 1. The maximum atomic E-state index is 9.88. The molecule has 1 aliphatic rings. The van der Waals surface area contributed by atoms with Crippen LogP contribution in [0.15, 0.2) is 30.3 Å². The number of nitrogens with one attached hydrogen (secondary N) is 1. The van der Waals surface area contributed by atoms with Gasteiger partial charge in [0.05, 0.1) is 6.10 Å². The Bertz CT molecular complexity index is 296. The first-order chi connectivity index (χ1) is 7.25. The highest BCUT2D eigenvalue weighted by atomic mass is 16.3. The number of nitrogens with zero attached hydrogens (tertiary/aromatic N) is 1. The highest BCUT2D eigenvalue weighted by molar-refractivity contribution is 5.17. The van der Waals surface area contributed by atoms with E-state index in [9.17, 15) is 5.11 Å². The van der Waals surface area contributed by atoms with Gasteiger partial charge in [0, 0.05) is 25.7 Å². The number of likely N-dealkylation sites (tertiary alicyclic amines) is 1. The zero-order valence-corrected chi connectivity index (χ0v) is 9.06. The van der Waals surface area contributed by atoms with Gasteiger partial charge in [-0.3, -0.25) is 0 Å². The van der Waals surface area contributed by atoms with Gasteiger partial charge in [-0.1, -0.05) is 30.3 Å². The van der Waals surface area contributed by atoms with Crippen molar-refractivity contribution in [2.24, 2.45) is 0 Å². The predicted molar refractivity (Wildman–Crippen MR) is 60.7 cm³/mol. The summed E-state index contributed by atoms with van der Waals surface area (Å²) < 4.78 is 0. The lowest BCUT2D eigenvalue weighted by molar-refractivity contribution is 0.125. The molecule has 0 bridgehead atoms. The molecule has 1 atom stereocenters. The van der Waals surface area contributed by atoms with Gasteiger partial charge >= 0.3 is 0 Å². The van der Waals surface area contributed by atoms with Crippen molar-refractivity contribution in [2.75, 3.05) is 26.7 Å². The Morgan fingerprint density at radius 3 is 2.67 bits per heavy atom. The summed E-state index contributed by atoms with van der Waals surface area (Å²) in [5, 5.41) is 13.2. The zero-order valence-electron chi connectivity index (χ0n) is 9.06. The topological polar surface area (TPSA) is 35.5 Å². The first-order valence-corrected chi connectivity index (χ1v) is 5.40. The van der Waals surface area contributed by atoms with Crippen LogP contribution in [0.4, 0.5) is 0 Å². The standard InChI is InChI=1S/C12H18N2O/c1-14-8-11(9-14)13-7-12(15)10-5-3-2-4-6-10/h2-6,11-13,15H,7-9H2,1H3. The number of benzene rings is 1. The molecule has 1 aromatic rings. The molecule has 0 spiro atoms. The van der Waals surface area contributed by atoms with Crippen molar-refractivity contribution in [1.82, 2.24) is 10.2 Å². The van der Waals surface area contributed by atoms with Crippen molar-refractivity contribution < 1.29 is 5.11 Å². The Hall–Kier alpha value is -0.900. The zero-order chi connectivity index (χ0) is 10.7. The molecule has 1 aliphatic heterocycles. The second-order valence-corrected chi connectivity index (χ2v) is 4.25. The molecule has 3 heteroatoms. The van der Waals surface area contributed by atoms with E-state index in [0.29, 0.717) is 12.6 Å². The molecule has 0 aliphatic carbocycles. The summed E-state index contributed by atoms with van der Waals surface area (Å²) in [6.07, 6.45) is -0.392. The minimum Gasteiger partial charge on any atom is -0.387 e. The Kier molecular flexibility index (Phi) is 3.36. The summed E-state index contributed by atoms with van der Waals surface area (Å²) in [6.45, 7) is 2.81. The molecule has 1 fully saturated rings. The van der Waals surface area contributed by atoms with Crippen molar-refractivity contribution in [3.05, 3.63) is 35.9 Å². The molecular formula is C12H18N2O. The van der Waals surface area contributed by atoms with E-state index in [0.717, 1.165) is 18.7 Å². The SMILES string of the molecule is CN1CC(NCC(O)c2ccccc2)C1. The Morgan fingerprint density at radius 1 is 1.40 bits per heavy atom. The lowest BCUT2D eigenvalue weighted by atomic mass is 10.1. The van der Waals surface area contributed by atoms with Crippen molar-refractivity contribution in [3.8, 4) is 0 Å². The van der Waals surface area contributed by atoms with E-state index >= 15 is 0 Å². The average Bonchev–Trinajstić information content (AvgIpc) is 2.23. The van der Waals surface area contributed by atoms with E-state index in [-0.39, 0.29) is 0 Å². The largest absolute Gasteiger partial charge is 0.387 e. The normalized spacial score (nSPS) is 19.9. The van der Waals surface area contributed by atoms with Crippen LogP contribution in [0, 0.1) is 0 Å². The third-order valence-electron chi connectivity index (χ3n) is 2.85. The molecule has 2 N–H and O–H groups in total. The van der Waals surface area contributed by atoms with E-state index in [4.69, 9.17) is 0 Å². The fraction of sp³-hybridized carbons (Fsp3) is 0.500. The molecular weight excluding hydrogens is 188 g/mol. The summed E-state index contributed by atoms with van der Waals surface area (Å²) in [7, 11) is 2.10. The number of hydrogen-bond acceptors (Lipinski definition) is 3. The highest BCUT2D eigenvalue weighted by Gasteiger charge is 2.23. The number of likely N-dealkylation sites (N-methyl/N-ethyl adjacent to an activating group) is 1. The molecule has 0 amide bonds. The fourth-order valence-corrected chi connectivity index (χ4v) is 1.90. The molecule has 0 radical (unpaired) electrons. The lowest BCUT2D eigenvalue weighted by Gasteiger charge is -2.37. The summed E-state index contributed by atoms with van der Waals surface area (Å²) in [4.78, 5) is 2.26. The summed E-state index contributed by atoms with van der Waals surface area (Å²) >= 11 is 0. The molecule has 0 aromatic heterocycles. The molecule has 3 nitrogen and oxygen atoms in total. The molecule has 1 saturated heterocycles. The van der Waals surface area contributed by atoms with E-state index in [1.807, 2.05) is 30.3 Å². The highest BCUT2D eigenvalue weighted by Crippen LogP contribution is 2.12. The Labute approximate surface area is 90.7 Å². The van der Waals surface area contributed by atoms with Gasteiger partial charge < -0.3 is 15.3 Å². The van der Waals surface area contributed by atoms with Crippen LogP contribution in [0.2, 0.25) is 0 Å². The maximum Gasteiger partial charge on any atom is 0.0914 e. The van der Waals surface area contributed by atoms with Gasteiger partial charge in [-0.2, -0.15) is 0 Å². The van der Waals surface area contributed by atoms with Crippen LogP contribution in [0.3, 0.4) is 0 Å². The van der Waals surface area contributed by atoms with Crippen LogP contribution in [0.25, 0.3) is 0 Å². The van der Waals surface area contributed by atoms with E-state index in [1.54, 1.807) is 0 Å². The molecule has 1 unspecified atom stereocenters. The predicted octanol–water partition coefficient (Wildman–Crippen LogP) is 0.624. The molecule has 2 rings (SSSR count). The van der Waals surface area contributed by atoms with Gasteiger partial charge in [-0.15, -0.1) is 0 Å². The molecule has 1 heterocycles. The second kappa shape index (κ2) is 4.75. The fourth-order valence-electron chi connectivity index (χ4n) is 1.90. The smallest absolute Gasteiger partial charge is 0.0914 e. The van der Waals surface area contributed by atoms with Crippen LogP contribution >= 0.6 is 0 Å². The van der Waals surface area contributed by atoms with Crippen molar-refractivity contribution >= 4 is 0 Å². The Morgan fingerprint density at radius 2 is 2.07 bits per heavy atom. The van der Waals surface area contributed by atoms with Gasteiger partial charge in [0.25, 0.3) is 0 Å². The first kappa shape index (κ1) is 10.6. The van der Waals surface area contributed by atoms with Crippen LogP contribution in [0.1, 0.15) is 11.7 Å². The lowest BCUT2D eigenvalue weighted by Crippen LogP contribution is -2.56. The van der Waals surface area contributed by atoms with Crippen LogP contribution < -0.4 is 5.32 Å². The van der Waals surface area contributed by atoms with Crippen LogP contribution in [0.5, 0.6) is 0 Å². The third kappa shape index (κ3) is 2.78. The van der Waals surface area contributed by atoms with Gasteiger partial charge in [0.2, 0.25) is 0 Å². The minimum absolute atomic E-state index is 0.392. The average molecular weight is 206 g/mol. The van der Waals surface area contributed by atoms with E-state index < -0.39 is 6.10 Å². The molecule has 82 valence electrons. The second-order valence-electron chi connectivity index (χ2n) is 4.25. The van der Waals surface area contributed by atoms with E-state index in [2.05, 4.69) is 17.3 Å². The number of rotatable bonds is 4. The van der Waals surface area contributed by atoms with Crippen molar-refractivity contribution in [2.45, 2.75) is 12.1 Å². The first-order valence-electron chi connectivity index (χ1n) is 5.40. The van der Waals surface area contributed by atoms with E-state index in [1.165, 1.54) is 0 Å². The number of hydrogen-bond donors (Lipinski definition) is 2. The monoisotopic (exact) mass is 206 g/mol. The minimum atomic E-state index is -0.392. The van der Waals surface area contributed by atoms with Crippen LogP contribution in [-0.2, 0) is 0 Å². The summed E-state index contributed by atoms with van der Waals surface area (Å²) in [5.74, 6) is 0. The van der Waals surface area contributed by atoms with Gasteiger partial charge in [0.1, 0.15) is 0 Å². The molecule has 0 saturated carbocycles.